The Morgan fingerprint density at radius 3 is 1.11 bits per heavy atom. The third-order valence-electron chi connectivity index (χ3n) is 22.0. The number of hydrazone groups is 2. The van der Waals surface area contributed by atoms with Crippen molar-refractivity contribution in [2.24, 2.45) is 31.1 Å². The Labute approximate surface area is 818 Å². The number of hydrogen-bond donors (Lipinski definition) is 2. The van der Waals surface area contributed by atoms with E-state index >= 15 is 0 Å². The van der Waals surface area contributed by atoms with Gasteiger partial charge in [0.05, 0.1) is 37.3 Å². The number of benzene rings is 3. The minimum Gasteiger partial charge on any atom is -0.492 e. The van der Waals surface area contributed by atoms with Crippen LogP contribution in [0.4, 0.5) is 0 Å². The van der Waals surface area contributed by atoms with Crippen molar-refractivity contribution in [2.45, 2.75) is 254 Å². The summed E-state index contributed by atoms with van der Waals surface area (Å²) in [6, 6.07) is 28.7. The van der Waals surface area contributed by atoms with Gasteiger partial charge in [0.1, 0.15) is 12.4 Å². The molecule has 27 heteroatoms. The Kier molecular flexibility index (Phi) is 97.0. The lowest BCUT2D eigenvalue weighted by Gasteiger charge is -2.34. The maximum atomic E-state index is 6.04. The van der Waals surface area contributed by atoms with Crippen LogP contribution in [0.1, 0.15) is 201 Å². The topological polar surface area (TPSA) is 153 Å². The first-order valence-corrected chi connectivity index (χ1v) is 49.5. The van der Waals surface area contributed by atoms with Gasteiger partial charge in [0, 0.05) is 125 Å². The maximum absolute atomic E-state index is 6.04. The van der Waals surface area contributed by atoms with Gasteiger partial charge >= 0.3 is 0 Å². The van der Waals surface area contributed by atoms with Gasteiger partial charge in [0.15, 0.2) is 8.68 Å². The summed E-state index contributed by atoms with van der Waals surface area (Å²) in [5.41, 5.74) is 6.75. The molecule has 8 fully saturated rings. The molecule has 7 saturated heterocycles. The van der Waals surface area contributed by atoms with Gasteiger partial charge in [-0.05, 0) is 298 Å². The van der Waals surface area contributed by atoms with E-state index in [0.717, 1.165) is 114 Å². The number of piperidine rings is 3. The highest BCUT2D eigenvalue weighted by atomic mass is 35.5. The highest BCUT2D eigenvalue weighted by molar-refractivity contribution is 8.02. The van der Waals surface area contributed by atoms with Crippen LogP contribution in [0.5, 0.6) is 0 Å². The molecule has 2 N–H and O–H groups in total. The second-order valence-electron chi connectivity index (χ2n) is 31.1. The second kappa shape index (κ2) is 87.4. The number of aryl methyl sites for hydroxylation is 2. The fraction of sp³-hybridized carbons (Fsp3) is 0.710. The number of likely N-dealkylation sites (N-methyl/N-ethyl adjacent to an activating group) is 4. The number of rotatable bonds is 19. The monoisotopic (exact) mass is 1910 g/mol. The molecule has 4 aromatic rings. The average Bonchev–Trinajstić information content (AvgIpc) is 1.30. The summed E-state index contributed by atoms with van der Waals surface area (Å²) in [5, 5.41) is 27.6. The SMILES string of the molecule is C.C.C.C.C.C.C.C.C.C.C.C=NC1CCC(N=C)CC1.C=NC1CCN(C)CC1.C=NN1CCN(N=C)CC1.CCC1=CCOC(CC)=C1Cl.CN1CCN(C)CC1.CNC1CCN(C)C1.CNCC1CCN(C)CC1.CSC1CCN(C)CC1.CSc1cccc(SC)c1.CSc1nnc(SC)s1.Cc1ccc(CN2CCN(Cc3ccc(C)cc3)CC2)cc1. The Hall–Kier alpha value is -3.91. The lowest BCUT2D eigenvalue weighted by Crippen LogP contribution is -2.45. The Morgan fingerprint density at radius 2 is 0.811 bits per heavy atom. The van der Waals surface area contributed by atoms with Crippen LogP contribution < -0.4 is 10.6 Å². The van der Waals surface area contributed by atoms with Crippen LogP contribution in [-0.4, -0.2) is 354 Å². The number of allylic oxidation sites excluding steroid dienone is 3. The third kappa shape index (κ3) is 64.6. The fourth-order valence-electron chi connectivity index (χ4n) is 13.7. The molecular weight excluding hydrogens is 1710 g/mol. The van der Waals surface area contributed by atoms with Crippen LogP contribution in [0.3, 0.4) is 0 Å². The molecule has 0 radical (unpaired) electrons. The molecule has 1 unspecified atom stereocenters. The fourth-order valence-corrected chi connectivity index (χ4v) is 17.6. The van der Waals surface area contributed by atoms with Crippen molar-refractivity contribution in [3.8, 4) is 0 Å². The zero-order valence-electron chi connectivity index (χ0n) is 75.0. The summed E-state index contributed by atoms with van der Waals surface area (Å²) < 4.78 is 7.42. The van der Waals surface area contributed by atoms with Crippen LogP contribution in [0.15, 0.2) is 139 Å². The van der Waals surface area contributed by atoms with Crippen molar-refractivity contribution in [3.05, 3.63) is 117 Å². The molecule has 8 aliphatic heterocycles. The van der Waals surface area contributed by atoms with Crippen LogP contribution in [0, 0.1) is 19.8 Å². The highest BCUT2D eigenvalue weighted by Gasteiger charge is 2.22. The minimum atomic E-state index is 0. The molecule has 0 bridgehead atoms. The van der Waals surface area contributed by atoms with E-state index in [1.165, 1.54) is 194 Å². The zero-order valence-corrected chi connectivity index (χ0v) is 80.7. The van der Waals surface area contributed by atoms with Crippen molar-refractivity contribution in [1.29, 1.82) is 0 Å². The summed E-state index contributed by atoms with van der Waals surface area (Å²) in [6.45, 7) is 53.2. The van der Waals surface area contributed by atoms with Crippen molar-refractivity contribution in [3.63, 3.8) is 0 Å². The van der Waals surface area contributed by atoms with Crippen LogP contribution >= 0.6 is 81.7 Å². The summed E-state index contributed by atoms with van der Waals surface area (Å²) in [5.74, 6) is 1.87. The molecule has 13 rings (SSSR count). The molecule has 744 valence electrons. The molecule has 1 saturated carbocycles. The predicted octanol–water partition coefficient (Wildman–Crippen LogP) is 23.0. The van der Waals surface area contributed by atoms with Gasteiger partial charge in [-0.1, -0.05) is 208 Å². The molecule has 0 amide bonds. The number of likely N-dealkylation sites (tertiary alicyclic amines) is 4. The number of halogens is 1. The van der Waals surface area contributed by atoms with Gasteiger partial charge < -0.3 is 44.8 Å². The minimum absolute atomic E-state index is 0. The van der Waals surface area contributed by atoms with E-state index in [-0.39, 0.29) is 81.7 Å². The number of nitrogens with zero attached hydrogens (tertiary/aromatic N) is 17. The number of aromatic nitrogens is 2. The van der Waals surface area contributed by atoms with Gasteiger partial charge in [-0.15, -0.1) is 33.7 Å². The zero-order chi connectivity index (χ0) is 85.3. The summed E-state index contributed by atoms with van der Waals surface area (Å²) in [7, 11) is 17.1. The van der Waals surface area contributed by atoms with Gasteiger partial charge in [-0.3, -0.25) is 34.8 Å². The van der Waals surface area contributed by atoms with Gasteiger partial charge in [0.25, 0.3) is 0 Å². The number of aliphatic imine (C=N–C) groups is 3. The second-order valence-corrected chi connectivity index (χ2v) is 37.4. The molecule has 9 aliphatic rings. The number of thioether (sulfide) groups is 5. The Bertz CT molecular complexity index is 3050. The molecule has 1 aromatic heterocycles. The lowest BCUT2D eigenvalue weighted by atomic mass is 9.92. The van der Waals surface area contributed by atoms with E-state index in [1.807, 2.05) is 54.5 Å². The van der Waals surface area contributed by atoms with Crippen LogP contribution in [0.25, 0.3) is 0 Å². The smallest absolute Gasteiger partial charge is 0.174 e. The molecule has 0 spiro atoms. The maximum Gasteiger partial charge on any atom is 0.174 e. The number of ether oxygens (including phenoxy) is 1. The third-order valence-corrected chi connectivity index (χ3v) is 27.9. The van der Waals surface area contributed by atoms with Gasteiger partial charge in [0.2, 0.25) is 0 Å². The van der Waals surface area contributed by atoms with Crippen molar-refractivity contribution in [2.75, 3.05) is 232 Å². The lowest BCUT2D eigenvalue weighted by molar-refractivity contribution is 0.122. The van der Waals surface area contributed by atoms with Crippen molar-refractivity contribution >= 4 is 115 Å². The molecule has 20 nitrogen and oxygen atoms in total. The first-order chi connectivity index (χ1) is 56.0. The van der Waals surface area contributed by atoms with Crippen molar-refractivity contribution < 1.29 is 4.74 Å². The number of piperazine rings is 3. The summed E-state index contributed by atoms with van der Waals surface area (Å²) in [6.07, 6.45) is 28.1. The first kappa shape index (κ1) is 141. The van der Waals surface area contributed by atoms with E-state index in [1.54, 1.807) is 58.4 Å². The van der Waals surface area contributed by atoms with Gasteiger partial charge in [-0.2, -0.15) is 22.0 Å². The van der Waals surface area contributed by atoms with E-state index in [4.69, 9.17) is 16.3 Å². The van der Waals surface area contributed by atoms with E-state index in [2.05, 4.69) is 280 Å². The summed E-state index contributed by atoms with van der Waals surface area (Å²) >= 11 is 16.5. The van der Waals surface area contributed by atoms with E-state index in [9.17, 15) is 0 Å². The number of hydrogen-bond acceptors (Lipinski definition) is 26. The first-order valence-electron chi connectivity index (χ1n) is 42.2. The molecular formula is C100H200ClN19OS6. The average molecular weight is 1910 g/mol. The molecule has 1 atom stereocenters. The Balaban J connectivity index is -0.000000173. The normalized spacial score (nSPS) is 19.0. The molecule has 127 heavy (non-hydrogen) atoms. The van der Waals surface area contributed by atoms with Crippen LogP contribution in [0.2, 0.25) is 0 Å². The Morgan fingerprint density at radius 1 is 0.449 bits per heavy atom. The molecule has 3 aromatic carbocycles. The molecule has 9 heterocycles. The highest BCUT2D eigenvalue weighted by Crippen LogP contribution is 2.29. The van der Waals surface area contributed by atoms with E-state index in [0.29, 0.717) is 24.7 Å². The predicted molar refractivity (Wildman–Crippen MR) is 594 cm³/mol. The summed E-state index contributed by atoms with van der Waals surface area (Å²) in [4.78, 5) is 34.0. The molecule has 1 aliphatic carbocycles. The largest absolute Gasteiger partial charge is 0.492 e. The van der Waals surface area contributed by atoms with Gasteiger partial charge in [-0.25, -0.2) is 0 Å². The quantitative estimate of drug-likeness (QED) is 0.0675. The number of nitrogens with one attached hydrogen (secondary N) is 2. The van der Waals surface area contributed by atoms with E-state index < -0.39 is 0 Å². The standard InChI is InChI=1S/C20H26N2.C9H13ClO.C8H18N2.C8H14N2.C8H10S2.C7H14N2.C7H15NS.C6H12N4.2C6H14N2.C4H6N2S3.11CH4/c1-17-3-7-19(8-4-17)15-21-11-13-22(14-12-21)16-20-9-5-18(2)6-10-20;1-3-7-5-6-11-8(4-2)9(7)10;1-9-7-8-3-5-10(2)6-4-8;1-9-7-3-5-8(10-2)6-4-7;1-9-7-4-3-5-8(6-7)10-2;1-8-7-3-5-9(2)6-4-7;1-8-5-3-7(9-2)4-6-8;1-7-9-3-5-10(8-2)6-4-9;1-7-3-5-8(2)6-4-7;1-7-6-3-4-8(2)5-6;1-7-3-5-6-4(8-2)9-3;;;;;;;;;;;/h3-10H,11-16H2,1-2H3;5H,3-4,6H2,1-2H3;8-9H,3-7H2,1-2H3;7-8H,1-6H2;3-6H,1-2H3;7H,1,3-6H2,2H3;7H,3-6H2,1-2H3;1-6H2;3-6H2,1-2H3;6-7H,3-5H2,1-2H3;1-2H3;11*1H4. The van der Waals surface area contributed by atoms with Crippen molar-refractivity contribution in [1.82, 2.24) is 70.0 Å². The van der Waals surface area contributed by atoms with Crippen LogP contribution in [-0.2, 0) is 17.8 Å².